The minimum absolute atomic E-state index is 0.176. The summed E-state index contributed by atoms with van der Waals surface area (Å²) in [6, 6.07) is 6.33. The highest BCUT2D eigenvalue weighted by Gasteiger charge is 2.19. The van der Waals surface area contributed by atoms with Gasteiger partial charge in [-0.3, -0.25) is 4.79 Å². The molecule has 0 fully saturated rings. The van der Waals surface area contributed by atoms with Gasteiger partial charge in [0.05, 0.1) is 12.2 Å². The van der Waals surface area contributed by atoms with Gasteiger partial charge in [0.1, 0.15) is 17.4 Å². The van der Waals surface area contributed by atoms with Crippen molar-refractivity contribution in [1.29, 1.82) is 0 Å². The van der Waals surface area contributed by atoms with E-state index in [1.807, 2.05) is 23.3 Å². The number of ether oxygens (including phenoxy) is 1. The van der Waals surface area contributed by atoms with Gasteiger partial charge in [-0.25, -0.2) is 4.98 Å². The van der Waals surface area contributed by atoms with Crippen LogP contribution in [0.1, 0.15) is 55.4 Å². The lowest BCUT2D eigenvalue weighted by Crippen LogP contribution is -2.37. The summed E-state index contributed by atoms with van der Waals surface area (Å²) >= 11 is 1.58. The summed E-state index contributed by atoms with van der Waals surface area (Å²) in [4.78, 5) is 18.7. The Balaban J connectivity index is 1.98. The van der Waals surface area contributed by atoms with Crippen LogP contribution in [0.4, 0.5) is 0 Å². The van der Waals surface area contributed by atoms with Gasteiger partial charge in [-0.2, -0.15) is 0 Å². The van der Waals surface area contributed by atoms with E-state index in [2.05, 4.69) is 44.8 Å². The summed E-state index contributed by atoms with van der Waals surface area (Å²) in [5.41, 5.74) is 3.42. The molecule has 1 unspecified atom stereocenters. The van der Waals surface area contributed by atoms with Crippen molar-refractivity contribution in [3.05, 3.63) is 45.4 Å². The maximum Gasteiger partial charge on any atom is 0.222 e. The van der Waals surface area contributed by atoms with E-state index in [9.17, 15) is 4.79 Å². The van der Waals surface area contributed by atoms with Crippen LogP contribution in [0, 0.1) is 13.8 Å². The van der Waals surface area contributed by atoms with Crippen LogP contribution in [-0.4, -0.2) is 21.8 Å². The molecule has 1 amide bonds. The number of aromatic nitrogens is 1. The van der Waals surface area contributed by atoms with Crippen LogP contribution < -0.4 is 4.74 Å². The second-order valence-electron chi connectivity index (χ2n) is 6.40. The maximum absolute atomic E-state index is 12.2. The van der Waals surface area contributed by atoms with Gasteiger partial charge in [0.15, 0.2) is 0 Å². The molecule has 0 saturated carbocycles. The average Bonchev–Trinajstić information content (AvgIpc) is 3.07. The van der Waals surface area contributed by atoms with Crippen LogP contribution in [0.2, 0.25) is 0 Å². The molecule has 0 aliphatic rings. The van der Waals surface area contributed by atoms with Crippen LogP contribution in [0.15, 0.2) is 23.6 Å². The minimum atomic E-state index is 0.176. The normalized spacial score (nSPS) is 12.0. The first kappa shape index (κ1) is 19.4. The van der Waals surface area contributed by atoms with E-state index in [1.54, 1.807) is 11.3 Å². The maximum atomic E-state index is 12.2. The molecule has 0 N–H and O–H groups in total. The number of hydrogen-bond donors (Lipinski definition) is 0. The average molecular weight is 361 g/mol. The van der Waals surface area contributed by atoms with Crippen molar-refractivity contribution in [2.75, 3.05) is 0 Å². The van der Waals surface area contributed by atoms with Gasteiger partial charge in [0.2, 0.25) is 5.91 Å². The molecule has 0 spiro atoms. The lowest BCUT2D eigenvalue weighted by atomic mass is 10.1. The predicted molar refractivity (Wildman–Crippen MR) is 103 cm³/mol. The minimum Gasteiger partial charge on any atom is -0.486 e. The molecule has 0 radical (unpaired) electrons. The Morgan fingerprint density at radius 3 is 2.68 bits per heavy atom. The second-order valence-corrected chi connectivity index (χ2v) is 7.34. The van der Waals surface area contributed by atoms with E-state index in [-0.39, 0.29) is 11.9 Å². The van der Waals surface area contributed by atoms with Gasteiger partial charge in [-0.15, -0.1) is 11.3 Å². The van der Waals surface area contributed by atoms with Crippen molar-refractivity contribution >= 4 is 17.2 Å². The van der Waals surface area contributed by atoms with Gasteiger partial charge >= 0.3 is 0 Å². The summed E-state index contributed by atoms with van der Waals surface area (Å²) in [6.45, 7) is 11.3. The topological polar surface area (TPSA) is 42.4 Å². The fourth-order valence-corrected chi connectivity index (χ4v) is 3.22. The highest BCUT2D eigenvalue weighted by atomic mass is 32.1. The molecule has 0 aliphatic carbocycles. The third-order valence-electron chi connectivity index (χ3n) is 4.52. The lowest BCUT2D eigenvalue weighted by Gasteiger charge is -2.27. The molecule has 1 aromatic carbocycles. The number of rotatable bonds is 8. The molecule has 2 aromatic rings. The molecule has 0 aliphatic heterocycles. The second kappa shape index (κ2) is 8.99. The molecule has 25 heavy (non-hydrogen) atoms. The zero-order valence-corrected chi connectivity index (χ0v) is 16.7. The van der Waals surface area contributed by atoms with E-state index < -0.39 is 0 Å². The third-order valence-corrected chi connectivity index (χ3v) is 5.39. The quantitative estimate of drug-likeness (QED) is 0.674. The first-order valence-electron chi connectivity index (χ1n) is 8.87. The Labute approximate surface area is 154 Å². The Bertz CT molecular complexity index is 711. The summed E-state index contributed by atoms with van der Waals surface area (Å²) in [6.07, 6.45) is 1.47. The number of benzene rings is 1. The number of thiazole rings is 1. The number of nitrogens with zero attached hydrogens (tertiary/aromatic N) is 2. The number of hydrogen-bond acceptors (Lipinski definition) is 4. The predicted octanol–water partition coefficient (Wildman–Crippen LogP) is 4.88. The zero-order chi connectivity index (χ0) is 18.4. The lowest BCUT2D eigenvalue weighted by molar-refractivity contribution is -0.133. The van der Waals surface area contributed by atoms with Gasteiger partial charge < -0.3 is 9.64 Å². The third kappa shape index (κ3) is 5.30. The molecule has 0 bridgehead atoms. The van der Waals surface area contributed by atoms with Crippen LogP contribution >= 0.6 is 11.3 Å². The summed E-state index contributed by atoms with van der Waals surface area (Å²) in [5, 5.41) is 2.96. The number of aryl methyl sites for hydroxylation is 2. The Morgan fingerprint density at radius 2 is 2.04 bits per heavy atom. The highest BCUT2D eigenvalue weighted by molar-refractivity contribution is 7.09. The summed E-state index contributed by atoms with van der Waals surface area (Å²) in [7, 11) is 0. The number of carbonyl (C=O) groups excluding carboxylic acids is 1. The van der Waals surface area contributed by atoms with Gasteiger partial charge in [-0.05, 0) is 50.5 Å². The summed E-state index contributed by atoms with van der Waals surface area (Å²) in [5.74, 6) is 1.04. The van der Waals surface area contributed by atoms with Crippen molar-refractivity contribution in [3.63, 3.8) is 0 Å². The Morgan fingerprint density at radius 1 is 1.28 bits per heavy atom. The van der Waals surface area contributed by atoms with Gasteiger partial charge in [0.25, 0.3) is 0 Å². The number of amides is 1. The van der Waals surface area contributed by atoms with E-state index >= 15 is 0 Å². The molecule has 2 rings (SSSR count). The number of carbonyl (C=O) groups is 1. The van der Waals surface area contributed by atoms with Gasteiger partial charge in [-0.1, -0.05) is 19.9 Å². The first-order chi connectivity index (χ1) is 11.9. The van der Waals surface area contributed by atoms with E-state index in [4.69, 9.17) is 4.74 Å². The van der Waals surface area contributed by atoms with Crippen molar-refractivity contribution in [1.82, 2.24) is 9.88 Å². The fraction of sp³-hybridized carbons (Fsp3) is 0.500. The van der Waals surface area contributed by atoms with Crippen LogP contribution in [0.3, 0.4) is 0 Å². The largest absolute Gasteiger partial charge is 0.486 e. The molecule has 4 nitrogen and oxygen atoms in total. The standard InChI is InChI=1S/C20H28N2O2S/c1-6-16(5)22(20(23)7-2)11-17-13-25-19(21-17)12-24-18-9-8-14(3)15(4)10-18/h8-10,13,16H,6-7,11-12H2,1-5H3. The molecule has 1 atom stereocenters. The van der Waals surface area contributed by atoms with Crippen molar-refractivity contribution in [2.45, 2.75) is 66.7 Å². The molecule has 0 saturated heterocycles. The Kier molecular flexibility index (Phi) is 7.00. The van der Waals surface area contributed by atoms with Crippen molar-refractivity contribution in [2.24, 2.45) is 0 Å². The van der Waals surface area contributed by atoms with Crippen molar-refractivity contribution in [3.8, 4) is 5.75 Å². The van der Waals surface area contributed by atoms with Gasteiger partial charge in [0, 0.05) is 17.8 Å². The highest BCUT2D eigenvalue weighted by Crippen LogP contribution is 2.20. The smallest absolute Gasteiger partial charge is 0.222 e. The van der Waals surface area contributed by atoms with Crippen LogP contribution in [0.25, 0.3) is 0 Å². The van der Waals surface area contributed by atoms with E-state index in [0.717, 1.165) is 22.9 Å². The first-order valence-corrected chi connectivity index (χ1v) is 9.75. The summed E-state index contributed by atoms with van der Waals surface area (Å²) < 4.78 is 5.85. The SMILES string of the molecule is CCC(=O)N(Cc1csc(COc2ccc(C)c(C)c2)n1)C(C)CC. The van der Waals surface area contributed by atoms with E-state index in [1.165, 1.54) is 11.1 Å². The van der Waals surface area contributed by atoms with E-state index in [0.29, 0.717) is 19.6 Å². The molecule has 1 heterocycles. The van der Waals surface area contributed by atoms with Crippen LogP contribution in [-0.2, 0) is 17.9 Å². The fourth-order valence-electron chi connectivity index (χ4n) is 2.52. The monoisotopic (exact) mass is 360 g/mol. The Hall–Kier alpha value is -1.88. The molecule has 5 heteroatoms. The molecule has 1 aromatic heterocycles. The molecular formula is C20H28N2O2S. The zero-order valence-electron chi connectivity index (χ0n) is 15.8. The van der Waals surface area contributed by atoms with Crippen molar-refractivity contribution < 1.29 is 9.53 Å². The molecule has 136 valence electrons. The van der Waals surface area contributed by atoms with Crippen LogP contribution in [0.5, 0.6) is 5.75 Å². The molecular weight excluding hydrogens is 332 g/mol.